The number of carbonyl (C=O) groups is 1. The zero-order valence-electron chi connectivity index (χ0n) is 34.6. The van der Waals surface area contributed by atoms with Gasteiger partial charge in [0.25, 0.3) is 0 Å². The van der Waals surface area contributed by atoms with E-state index in [1.165, 1.54) is 0 Å². The number of ether oxygens (including phenoxy) is 16. The summed E-state index contributed by atoms with van der Waals surface area (Å²) in [5.74, 6) is 0. The van der Waals surface area contributed by atoms with E-state index in [-0.39, 0.29) is 0 Å². The quantitative estimate of drug-likeness (QED) is 0.0813. The molecular weight excluding hydrogens is 744 g/mol. The highest BCUT2D eigenvalue weighted by Crippen LogP contribution is 2.06. The fourth-order valence-corrected chi connectivity index (χ4v) is 3.80. The Hall–Kier alpha value is -1.37. The normalized spacial score (nSPS) is 11.8. The maximum atomic E-state index is 11.5. The molecule has 0 aliphatic carbocycles. The van der Waals surface area contributed by atoms with Crippen molar-refractivity contribution in [3.8, 4) is 0 Å². The Kier molecular flexibility index (Phi) is 45.2. The second kappa shape index (κ2) is 46.3. The molecular formula is C37H76N2O17. The number of rotatable bonds is 47. The van der Waals surface area contributed by atoms with Crippen LogP contribution in [0.3, 0.4) is 0 Å². The van der Waals surface area contributed by atoms with E-state index >= 15 is 0 Å². The number of hydrogen-bond acceptors (Lipinski definition) is 18. The zero-order chi connectivity index (χ0) is 40.7. The van der Waals surface area contributed by atoms with Crippen molar-refractivity contribution in [2.75, 3.05) is 211 Å². The predicted molar refractivity (Wildman–Crippen MR) is 206 cm³/mol. The van der Waals surface area contributed by atoms with Gasteiger partial charge >= 0.3 is 6.09 Å². The molecule has 336 valence electrons. The lowest BCUT2D eigenvalue weighted by molar-refractivity contribution is -0.0300. The minimum Gasteiger partial charge on any atom is -0.444 e. The number of hydrogen-bond donors (Lipinski definition) is 2. The molecule has 0 aromatic heterocycles. The molecule has 0 spiro atoms. The summed E-state index contributed by atoms with van der Waals surface area (Å²) in [4.78, 5) is 11.5. The van der Waals surface area contributed by atoms with E-state index in [0.717, 1.165) is 0 Å². The molecule has 0 bridgehead atoms. The van der Waals surface area contributed by atoms with E-state index in [1.54, 1.807) is 0 Å². The Morgan fingerprint density at radius 2 is 0.518 bits per heavy atom. The van der Waals surface area contributed by atoms with Crippen molar-refractivity contribution in [2.24, 2.45) is 5.73 Å². The van der Waals surface area contributed by atoms with Gasteiger partial charge in [-0.05, 0) is 20.8 Å². The van der Waals surface area contributed by atoms with Gasteiger partial charge in [0, 0.05) is 13.1 Å². The molecule has 0 aliphatic heterocycles. The van der Waals surface area contributed by atoms with Gasteiger partial charge in [-0.15, -0.1) is 0 Å². The van der Waals surface area contributed by atoms with Crippen molar-refractivity contribution in [3.05, 3.63) is 0 Å². The molecule has 0 fully saturated rings. The summed E-state index contributed by atoms with van der Waals surface area (Å²) in [6, 6.07) is 0. The van der Waals surface area contributed by atoms with Crippen LogP contribution in [0, 0.1) is 0 Å². The summed E-state index contributed by atoms with van der Waals surface area (Å²) >= 11 is 0. The predicted octanol–water partition coefficient (Wildman–Crippen LogP) is 0.719. The number of alkyl carbamates (subject to hydrolysis) is 1. The number of carbonyl (C=O) groups excluding carboxylic acids is 1. The van der Waals surface area contributed by atoms with Gasteiger partial charge in [-0.25, -0.2) is 4.79 Å². The second-order valence-corrected chi connectivity index (χ2v) is 12.4. The van der Waals surface area contributed by atoms with Crippen LogP contribution in [0.2, 0.25) is 0 Å². The fraction of sp³-hybridized carbons (Fsp3) is 0.973. The number of nitrogens with two attached hydrogens (primary N) is 1. The maximum Gasteiger partial charge on any atom is 0.407 e. The number of nitrogens with one attached hydrogen (secondary N) is 1. The van der Waals surface area contributed by atoms with Crippen LogP contribution in [0.25, 0.3) is 0 Å². The van der Waals surface area contributed by atoms with Crippen LogP contribution in [0.5, 0.6) is 0 Å². The lowest BCUT2D eigenvalue weighted by Crippen LogP contribution is -2.34. The van der Waals surface area contributed by atoms with Gasteiger partial charge in [-0.3, -0.25) is 0 Å². The summed E-state index contributed by atoms with van der Waals surface area (Å²) in [5.41, 5.74) is 4.82. The number of amides is 1. The van der Waals surface area contributed by atoms with Crippen molar-refractivity contribution in [1.82, 2.24) is 5.32 Å². The smallest absolute Gasteiger partial charge is 0.407 e. The molecule has 0 rings (SSSR count). The maximum absolute atomic E-state index is 11.5. The lowest BCUT2D eigenvalue weighted by Gasteiger charge is -2.19. The van der Waals surface area contributed by atoms with Gasteiger partial charge < -0.3 is 86.8 Å². The molecule has 1 amide bonds. The Balaban J connectivity index is 3.09. The summed E-state index contributed by atoms with van der Waals surface area (Å²) in [6.07, 6.45) is -0.455. The van der Waals surface area contributed by atoms with Gasteiger partial charge in [0.15, 0.2) is 0 Å². The van der Waals surface area contributed by atoms with Crippen molar-refractivity contribution in [2.45, 2.75) is 26.4 Å². The molecule has 0 saturated carbocycles. The monoisotopic (exact) mass is 821 g/mol. The largest absolute Gasteiger partial charge is 0.444 e. The topological polar surface area (TPSA) is 203 Å². The van der Waals surface area contributed by atoms with E-state index in [9.17, 15) is 4.79 Å². The molecule has 19 heteroatoms. The average Bonchev–Trinajstić information content (AvgIpc) is 3.17. The molecule has 0 saturated heterocycles. The molecule has 0 aromatic rings. The molecule has 19 nitrogen and oxygen atoms in total. The van der Waals surface area contributed by atoms with Crippen LogP contribution in [0.1, 0.15) is 20.8 Å². The standard InChI is InChI=1S/C37H76N2O17/c1-37(2,3)56-36(40)39-5-7-42-9-11-44-13-15-46-17-19-48-21-23-50-25-27-52-29-31-54-33-35-55-34-32-53-30-28-51-26-24-49-22-20-47-18-16-45-14-12-43-10-8-41-6-4-38/h4-35,38H2,1-3H3,(H,39,40). The van der Waals surface area contributed by atoms with Crippen molar-refractivity contribution in [1.29, 1.82) is 0 Å². The highest BCUT2D eigenvalue weighted by Gasteiger charge is 2.15. The van der Waals surface area contributed by atoms with Crippen molar-refractivity contribution >= 4 is 6.09 Å². The Morgan fingerprint density at radius 3 is 0.696 bits per heavy atom. The average molecular weight is 821 g/mol. The van der Waals surface area contributed by atoms with Gasteiger partial charge in [0.1, 0.15) is 5.60 Å². The van der Waals surface area contributed by atoms with Crippen molar-refractivity contribution in [3.63, 3.8) is 0 Å². The molecule has 0 unspecified atom stereocenters. The van der Waals surface area contributed by atoms with E-state index in [2.05, 4.69) is 5.32 Å². The fourth-order valence-electron chi connectivity index (χ4n) is 3.80. The summed E-state index contributed by atoms with van der Waals surface area (Å²) < 4.78 is 86.8. The molecule has 56 heavy (non-hydrogen) atoms. The molecule has 0 radical (unpaired) electrons. The van der Waals surface area contributed by atoms with E-state index < -0.39 is 11.7 Å². The van der Waals surface area contributed by atoms with Gasteiger partial charge in [-0.1, -0.05) is 0 Å². The van der Waals surface area contributed by atoms with E-state index in [4.69, 9.17) is 81.5 Å². The highest BCUT2D eigenvalue weighted by molar-refractivity contribution is 5.67. The van der Waals surface area contributed by atoms with Crippen LogP contribution < -0.4 is 11.1 Å². The Morgan fingerprint density at radius 1 is 0.339 bits per heavy atom. The van der Waals surface area contributed by atoms with Crippen LogP contribution in [-0.4, -0.2) is 223 Å². The molecule has 3 N–H and O–H groups in total. The third kappa shape index (κ3) is 50.6. The van der Waals surface area contributed by atoms with Crippen LogP contribution >= 0.6 is 0 Å². The Labute approximate surface area is 335 Å². The highest BCUT2D eigenvalue weighted by atomic mass is 16.6. The summed E-state index contributed by atoms with van der Waals surface area (Å²) in [6.45, 7) is 21.1. The minimum absolute atomic E-state index is 0.379. The van der Waals surface area contributed by atoms with E-state index in [0.29, 0.717) is 211 Å². The molecule has 0 atom stereocenters. The second-order valence-electron chi connectivity index (χ2n) is 12.4. The summed E-state index contributed by atoms with van der Waals surface area (Å²) in [7, 11) is 0. The van der Waals surface area contributed by atoms with Gasteiger partial charge in [0.2, 0.25) is 0 Å². The minimum atomic E-state index is -0.516. The van der Waals surface area contributed by atoms with Crippen LogP contribution in [0.4, 0.5) is 4.79 Å². The van der Waals surface area contributed by atoms with Crippen LogP contribution in [-0.2, 0) is 75.8 Å². The van der Waals surface area contributed by atoms with Gasteiger partial charge in [0.05, 0.1) is 198 Å². The van der Waals surface area contributed by atoms with Crippen LogP contribution in [0.15, 0.2) is 0 Å². The van der Waals surface area contributed by atoms with E-state index in [1.807, 2.05) is 20.8 Å². The first kappa shape index (κ1) is 54.6. The first-order valence-electron chi connectivity index (χ1n) is 19.8. The molecule has 0 aromatic carbocycles. The lowest BCUT2D eigenvalue weighted by atomic mass is 10.2. The summed E-state index contributed by atoms with van der Waals surface area (Å²) in [5, 5.41) is 2.63. The third-order valence-corrected chi connectivity index (χ3v) is 6.38. The van der Waals surface area contributed by atoms with Crippen molar-refractivity contribution < 1.29 is 80.6 Å². The molecule has 0 aliphatic rings. The SMILES string of the molecule is CC(C)(C)OC(=O)NCCOCCOCCOCCOCCOCCOCCOCCOCCOCCOCCOCCOCCOCCOCCOCCN. The first-order chi connectivity index (χ1) is 27.5. The third-order valence-electron chi connectivity index (χ3n) is 6.38. The van der Waals surface area contributed by atoms with Gasteiger partial charge in [-0.2, -0.15) is 0 Å². The zero-order valence-corrected chi connectivity index (χ0v) is 34.6. The Bertz CT molecular complexity index is 771. The molecule has 0 heterocycles. The first-order valence-corrected chi connectivity index (χ1v) is 19.8.